The molecule has 0 aromatic carbocycles. The first-order valence-corrected chi connectivity index (χ1v) is 4.26. The summed E-state index contributed by atoms with van der Waals surface area (Å²) in [5.41, 5.74) is 1.19. The van der Waals surface area contributed by atoms with Crippen molar-refractivity contribution in [2.24, 2.45) is 7.05 Å². The Kier molecular flexibility index (Phi) is 2.87. The molecule has 0 saturated carbocycles. The molecule has 1 rings (SSSR count). The lowest BCUT2D eigenvalue weighted by Gasteiger charge is -2.10. The number of aliphatic hydroxyl groups excluding tert-OH is 1. The van der Waals surface area contributed by atoms with Crippen LogP contribution >= 0.6 is 0 Å². The number of hydrogen-bond acceptors (Lipinski definition) is 2. The number of aryl methyl sites for hydroxylation is 1. The van der Waals surface area contributed by atoms with E-state index in [9.17, 15) is 0 Å². The predicted octanol–water partition coefficient (Wildman–Crippen LogP) is 1.29. The Labute approximate surface area is 73.0 Å². The molecule has 2 unspecified atom stereocenters. The molecule has 68 valence electrons. The quantitative estimate of drug-likeness (QED) is 0.738. The van der Waals surface area contributed by atoms with Gasteiger partial charge >= 0.3 is 0 Å². The average molecular weight is 168 g/mol. The zero-order valence-corrected chi connectivity index (χ0v) is 7.86. The fourth-order valence-corrected chi connectivity index (χ4v) is 1.34. The second-order valence-corrected chi connectivity index (χ2v) is 3.43. The Morgan fingerprint density at radius 2 is 2.25 bits per heavy atom. The first kappa shape index (κ1) is 9.26. The molecule has 2 atom stereocenters. The van der Waals surface area contributed by atoms with Crippen LogP contribution in [0, 0.1) is 0 Å². The minimum Gasteiger partial charge on any atom is -0.393 e. The summed E-state index contributed by atoms with van der Waals surface area (Å²) in [5, 5.41) is 13.2. The lowest BCUT2D eigenvalue weighted by atomic mass is 9.99. The lowest BCUT2D eigenvalue weighted by molar-refractivity contribution is 0.176. The normalized spacial score (nSPS) is 16.0. The van der Waals surface area contributed by atoms with Crippen molar-refractivity contribution in [2.75, 3.05) is 0 Å². The van der Waals surface area contributed by atoms with Crippen LogP contribution < -0.4 is 0 Å². The standard InChI is InChI=1S/C9H16N2O/c1-7(4-8(2)12)9-5-10-11(3)6-9/h5-8,12H,4H2,1-3H3. The van der Waals surface area contributed by atoms with E-state index in [0.29, 0.717) is 5.92 Å². The Morgan fingerprint density at radius 3 is 2.67 bits per heavy atom. The van der Waals surface area contributed by atoms with E-state index in [1.807, 2.05) is 26.4 Å². The third-order valence-electron chi connectivity index (χ3n) is 1.99. The van der Waals surface area contributed by atoms with Gasteiger partial charge in [0, 0.05) is 13.2 Å². The van der Waals surface area contributed by atoms with E-state index in [1.54, 1.807) is 4.68 Å². The van der Waals surface area contributed by atoms with Crippen LogP contribution in [0.2, 0.25) is 0 Å². The minimum absolute atomic E-state index is 0.236. The van der Waals surface area contributed by atoms with Crippen molar-refractivity contribution in [1.29, 1.82) is 0 Å². The van der Waals surface area contributed by atoms with E-state index in [0.717, 1.165) is 6.42 Å². The van der Waals surface area contributed by atoms with Gasteiger partial charge in [-0.3, -0.25) is 4.68 Å². The van der Waals surface area contributed by atoms with Crippen molar-refractivity contribution < 1.29 is 5.11 Å². The second kappa shape index (κ2) is 3.72. The fourth-order valence-electron chi connectivity index (χ4n) is 1.34. The van der Waals surface area contributed by atoms with Crippen LogP contribution in [0.1, 0.15) is 31.7 Å². The summed E-state index contributed by atoms with van der Waals surface area (Å²) < 4.78 is 1.79. The maximum Gasteiger partial charge on any atom is 0.0524 e. The highest BCUT2D eigenvalue weighted by Crippen LogP contribution is 2.19. The molecule has 1 N–H and O–H groups in total. The summed E-state index contributed by atoms with van der Waals surface area (Å²) in [7, 11) is 1.90. The second-order valence-electron chi connectivity index (χ2n) is 3.43. The highest BCUT2D eigenvalue weighted by Gasteiger charge is 2.09. The molecule has 0 aliphatic carbocycles. The maximum absolute atomic E-state index is 9.16. The Balaban J connectivity index is 2.58. The lowest BCUT2D eigenvalue weighted by Crippen LogP contribution is -2.05. The van der Waals surface area contributed by atoms with Crippen LogP contribution in [0.15, 0.2) is 12.4 Å². The molecule has 0 amide bonds. The molecule has 0 aliphatic rings. The van der Waals surface area contributed by atoms with Gasteiger partial charge in [-0.1, -0.05) is 6.92 Å². The number of nitrogens with zero attached hydrogens (tertiary/aromatic N) is 2. The van der Waals surface area contributed by atoms with Gasteiger partial charge in [-0.25, -0.2) is 0 Å². The molecule has 1 heterocycles. The van der Waals surface area contributed by atoms with Gasteiger partial charge in [0.05, 0.1) is 12.3 Å². The number of aliphatic hydroxyl groups is 1. The molecule has 0 bridgehead atoms. The van der Waals surface area contributed by atoms with Crippen LogP contribution in [0.5, 0.6) is 0 Å². The molecule has 0 fully saturated rings. The summed E-state index contributed by atoms with van der Waals surface area (Å²) in [4.78, 5) is 0. The van der Waals surface area contributed by atoms with Gasteiger partial charge in [0.25, 0.3) is 0 Å². The van der Waals surface area contributed by atoms with Gasteiger partial charge in [0.15, 0.2) is 0 Å². The molecule has 1 aromatic heterocycles. The smallest absolute Gasteiger partial charge is 0.0524 e. The van der Waals surface area contributed by atoms with Gasteiger partial charge in [-0.2, -0.15) is 5.10 Å². The Hall–Kier alpha value is -0.830. The molecule has 1 aromatic rings. The van der Waals surface area contributed by atoms with Gasteiger partial charge in [-0.15, -0.1) is 0 Å². The topological polar surface area (TPSA) is 38.1 Å². The molecule has 12 heavy (non-hydrogen) atoms. The Morgan fingerprint density at radius 1 is 1.58 bits per heavy atom. The van der Waals surface area contributed by atoms with Crippen molar-refractivity contribution in [3.8, 4) is 0 Å². The molecule has 0 aliphatic heterocycles. The maximum atomic E-state index is 9.16. The summed E-state index contributed by atoms with van der Waals surface area (Å²) >= 11 is 0. The third kappa shape index (κ3) is 2.34. The van der Waals surface area contributed by atoms with Crippen molar-refractivity contribution in [2.45, 2.75) is 32.3 Å². The molecule has 0 radical (unpaired) electrons. The van der Waals surface area contributed by atoms with E-state index < -0.39 is 0 Å². The zero-order valence-electron chi connectivity index (χ0n) is 7.86. The van der Waals surface area contributed by atoms with E-state index in [1.165, 1.54) is 5.56 Å². The van der Waals surface area contributed by atoms with Crippen molar-refractivity contribution >= 4 is 0 Å². The number of hydrogen-bond donors (Lipinski definition) is 1. The van der Waals surface area contributed by atoms with E-state index >= 15 is 0 Å². The zero-order chi connectivity index (χ0) is 9.14. The van der Waals surface area contributed by atoms with E-state index in [2.05, 4.69) is 12.0 Å². The van der Waals surface area contributed by atoms with Gasteiger partial charge in [0.1, 0.15) is 0 Å². The highest BCUT2D eigenvalue weighted by molar-refractivity contribution is 5.09. The van der Waals surface area contributed by atoms with Crippen LogP contribution in [0.4, 0.5) is 0 Å². The van der Waals surface area contributed by atoms with Gasteiger partial charge in [-0.05, 0) is 24.8 Å². The monoisotopic (exact) mass is 168 g/mol. The predicted molar refractivity (Wildman–Crippen MR) is 47.9 cm³/mol. The molecule has 3 nitrogen and oxygen atoms in total. The van der Waals surface area contributed by atoms with Crippen LogP contribution in [0.25, 0.3) is 0 Å². The van der Waals surface area contributed by atoms with Crippen LogP contribution in [-0.4, -0.2) is 21.0 Å². The van der Waals surface area contributed by atoms with Gasteiger partial charge < -0.3 is 5.11 Å². The fraction of sp³-hybridized carbons (Fsp3) is 0.667. The van der Waals surface area contributed by atoms with Crippen LogP contribution in [-0.2, 0) is 7.05 Å². The third-order valence-corrected chi connectivity index (χ3v) is 1.99. The van der Waals surface area contributed by atoms with Crippen molar-refractivity contribution in [1.82, 2.24) is 9.78 Å². The summed E-state index contributed by atoms with van der Waals surface area (Å²) in [5.74, 6) is 0.388. The molecule has 0 saturated heterocycles. The van der Waals surface area contributed by atoms with Crippen molar-refractivity contribution in [3.05, 3.63) is 18.0 Å². The molecular formula is C9H16N2O. The number of rotatable bonds is 3. The van der Waals surface area contributed by atoms with E-state index in [-0.39, 0.29) is 6.10 Å². The first-order valence-electron chi connectivity index (χ1n) is 4.26. The summed E-state index contributed by atoms with van der Waals surface area (Å²) in [6.07, 6.45) is 4.41. The SMILES string of the molecule is CC(O)CC(C)c1cnn(C)c1. The van der Waals surface area contributed by atoms with Crippen molar-refractivity contribution in [3.63, 3.8) is 0 Å². The first-order chi connectivity index (χ1) is 5.59. The van der Waals surface area contributed by atoms with Gasteiger partial charge in [0.2, 0.25) is 0 Å². The highest BCUT2D eigenvalue weighted by atomic mass is 16.3. The number of aromatic nitrogens is 2. The summed E-state index contributed by atoms with van der Waals surface area (Å²) in [6, 6.07) is 0. The average Bonchev–Trinajstić information content (AvgIpc) is 2.34. The molecular weight excluding hydrogens is 152 g/mol. The molecule has 3 heteroatoms. The molecule has 0 spiro atoms. The Bertz CT molecular complexity index is 242. The largest absolute Gasteiger partial charge is 0.393 e. The van der Waals surface area contributed by atoms with E-state index in [4.69, 9.17) is 5.11 Å². The minimum atomic E-state index is -0.236. The van der Waals surface area contributed by atoms with Crippen LogP contribution in [0.3, 0.4) is 0 Å². The summed E-state index contributed by atoms with van der Waals surface area (Å²) in [6.45, 7) is 3.91.